The van der Waals surface area contributed by atoms with E-state index in [4.69, 9.17) is 4.74 Å². The van der Waals surface area contributed by atoms with Crippen LogP contribution in [0.15, 0.2) is 43.0 Å². The van der Waals surface area contributed by atoms with Gasteiger partial charge in [0.25, 0.3) is 0 Å². The molecule has 0 bridgehead atoms. The van der Waals surface area contributed by atoms with Crippen molar-refractivity contribution < 1.29 is 4.74 Å². The van der Waals surface area contributed by atoms with Gasteiger partial charge < -0.3 is 10.1 Å². The van der Waals surface area contributed by atoms with Gasteiger partial charge >= 0.3 is 0 Å². The molecule has 0 heterocycles. The Morgan fingerprint density at radius 1 is 1.40 bits per heavy atom. The Morgan fingerprint density at radius 2 is 2.13 bits per heavy atom. The summed E-state index contributed by atoms with van der Waals surface area (Å²) < 4.78 is 5.55. The third-order valence-electron chi connectivity index (χ3n) is 2.30. The Labute approximate surface area is 92.0 Å². The van der Waals surface area contributed by atoms with E-state index >= 15 is 0 Å². The summed E-state index contributed by atoms with van der Waals surface area (Å²) in [5.41, 5.74) is 1.26. The first-order valence-corrected chi connectivity index (χ1v) is 5.29. The van der Waals surface area contributed by atoms with Crippen molar-refractivity contribution in [1.29, 1.82) is 0 Å². The molecule has 0 saturated heterocycles. The van der Waals surface area contributed by atoms with Crippen LogP contribution in [0.1, 0.15) is 18.0 Å². The average Bonchev–Trinajstić information content (AvgIpc) is 2.30. The van der Waals surface area contributed by atoms with Crippen LogP contribution in [0.2, 0.25) is 0 Å². The summed E-state index contributed by atoms with van der Waals surface area (Å²) in [6.45, 7) is 5.11. The zero-order valence-corrected chi connectivity index (χ0v) is 9.28. The molecule has 0 spiro atoms. The smallest absolute Gasteiger partial charge is 0.0661 e. The van der Waals surface area contributed by atoms with Gasteiger partial charge in [-0.3, -0.25) is 0 Å². The van der Waals surface area contributed by atoms with Crippen molar-refractivity contribution in [2.45, 2.75) is 12.5 Å². The summed E-state index contributed by atoms with van der Waals surface area (Å²) in [6.07, 6.45) is 2.78. The second-order valence-corrected chi connectivity index (χ2v) is 3.40. The number of nitrogens with one attached hydrogen (secondary N) is 1. The highest BCUT2D eigenvalue weighted by molar-refractivity contribution is 5.18. The Hall–Kier alpha value is -1.12. The molecule has 0 aromatic heterocycles. The Kier molecular flexibility index (Phi) is 5.74. The van der Waals surface area contributed by atoms with Crippen LogP contribution in [0.3, 0.4) is 0 Å². The van der Waals surface area contributed by atoms with Gasteiger partial charge in [0, 0.05) is 0 Å². The third-order valence-corrected chi connectivity index (χ3v) is 2.30. The number of likely N-dealkylation sites (N-methyl/N-ethyl adjacent to an activating group) is 1. The number of rotatable bonds is 7. The molecule has 0 saturated carbocycles. The van der Waals surface area contributed by atoms with E-state index in [1.807, 2.05) is 31.3 Å². The topological polar surface area (TPSA) is 21.3 Å². The van der Waals surface area contributed by atoms with Crippen LogP contribution in [0.4, 0.5) is 0 Å². The summed E-state index contributed by atoms with van der Waals surface area (Å²) in [6, 6.07) is 10.6. The van der Waals surface area contributed by atoms with Gasteiger partial charge in [0.15, 0.2) is 0 Å². The third kappa shape index (κ3) is 4.28. The van der Waals surface area contributed by atoms with E-state index in [-0.39, 0.29) is 6.04 Å². The normalized spacial score (nSPS) is 12.3. The molecule has 1 unspecified atom stereocenters. The van der Waals surface area contributed by atoms with Crippen molar-refractivity contribution in [1.82, 2.24) is 5.32 Å². The molecule has 1 N–H and O–H groups in total. The number of hydrogen-bond donors (Lipinski definition) is 1. The molecule has 0 aliphatic rings. The van der Waals surface area contributed by atoms with Crippen molar-refractivity contribution in [2.24, 2.45) is 0 Å². The predicted octanol–water partition coefficient (Wildman–Crippen LogP) is 2.54. The number of hydrogen-bond acceptors (Lipinski definition) is 2. The van der Waals surface area contributed by atoms with Gasteiger partial charge in [0.05, 0.1) is 19.3 Å². The molecule has 0 amide bonds. The van der Waals surface area contributed by atoms with Gasteiger partial charge in [0.1, 0.15) is 0 Å². The van der Waals surface area contributed by atoms with Gasteiger partial charge in [-0.1, -0.05) is 36.4 Å². The highest BCUT2D eigenvalue weighted by Gasteiger charge is 2.07. The fourth-order valence-corrected chi connectivity index (χ4v) is 1.40. The molecule has 1 atom stereocenters. The second-order valence-electron chi connectivity index (χ2n) is 3.40. The molecular formula is C13H19NO. The number of ether oxygens (including phenoxy) is 1. The van der Waals surface area contributed by atoms with Crippen molar-refractivity contribution >= 4 is 0 Å². The largest absolute Gasteiger partial charge is 0.379 e. The first-order valence-electron chi connectivity index (χ1n) is 5.29. The Balaban J connectivity index is 2.39. The lowest BCUT2D eigenvalue weighted by Crippen LogP contribution is -2.21. The van der Waals surface area contributed by atoms with Crippen LogP contribution < -0.4 is 5.32 Å². The van der Waals surface area contributed by atoms with Crippen LogP contribution in [0, 0.1) is 0 Å². The summed E-state index contributed by atoms with van der Waals surface area (Å²) in [5, 5.41) is 3.24. The molecule has 0 fully saturated rings. The van der Waals surface area contributed by atoms with Gasteiger partial charge in [-0.2, -0.15) is 0 Å². The maximum absolute atomic E-state index is 5.55. The van der Waals surface area contributed by atoms with E-state index in [0.29, 0.717) is 6.61 Å². The van der Waals surface area contributed by atoms with Crippen molar-refractivity contribution in [3.63, 3.8) is 0 Å². The van der Waals surface area contributed by atoms with E-state index < -0.39 is 0 Å². The Bertz CT molecular complexity index is 271. The molecule has 2 nitrogen and oxygen atoms in total. The maximum Gasteiger partial charge on any atom is 0.0661 e. The zero-order chi connectivity index (χ0) is 10.9. The zero-order valence-electron chi connectivity index (χ0n) is 9.28. The van der Waals surface area contributed by atoms with Crippen molar-refractivity contribution in [2.75, 3.05) is 20.3 Å². The molecule has 1 rings (SSSR count). The lowest BCUT2D eigenvalue weighted by Gasteiger charge is -2.16. The van der Waals surface area contributed by atoms with E-state index in [9.17, 15) is 0 Å². The van der Waals surface area contributed by atoms with Crippen LogP contribution in [-0.2, 0) is 4.74 Å². The molecule has 0 aliphatic heterocycles. The second kappa shape index (κ2) is 7.21. The molecule has 0 radical (unpaired) electrons. The maximum atomic E-state index is 5.55. The lowest BCUT2D eigenvalue weighted by molar-refractivity contribution is 0.117. The highest BCUT2D eigenvalue weighted by atomic mass is 16.5. The fraction of sp³-hybridized carbons (Fsp3) is 0.385. The summed E-state index contributed by atoms with van der Waals surface area (Å²) in [5.74, 6) is 0. The van der Waals surface area contributed by atoms with Gasteiger partial charge in [-0.25, -0.2) is 0 Å². The minimum absolute atomic E-state index is 0.274. The van der Waals surface area contributed by atoms with Crippen LogP contribution in [-0.4, -0.2) is 20.3 Å². The molecular weight excluding hydrogens is 186 g/mol. The lowest BCUT2D eigenvalue weighted by atomic mass is 10.1. The summed E-state index contributed by atoms with van der Waals surface area (Å²) in [4.78, 5) is 0. The van der Waals surface area contributed by atoms with Gasteiger partial charge in [-0.05, 0) is 19.0 Å². The molecule has 82 valence electrons. The highest BCUT2D eigenvalue weighted by Crippen LogP contribution is 2.11. The molecule has 2 heteroatoms. The van der Waals surface area contributed by atoms with Crippen molar-refractivity contribution in [3.05, 3.63) is 48.6 Å². The van der Waals surface area contributed by atoms with E-state index in [1.54, 1.807) is 0 Å². The molecule has 1 aromatic carbocycles. The monoisotopic (exact) mass is 205 g/mol. The molecule has 0 aliphatic carbocycles. The summed E-state index contributed by atoms with van der Waals surface area (Å²) >= 11 is 0. The van der Waals surface area contributed by atoms with Crippen LogP contribution in [0.25, 0.3) is 0 Å². The molecule has 15 heavy (non-hydrogen) atoms. The van der Waals surface area contributed by atoms with E-state index in [0.717, 1.165) is 13.0 Å². The Morgan fingerprint density at radius 3 is 2.73 bits per heavy atom. The predicted molar refractivity (Wildman–Crippen MR) is 63.9 cm³/mol. The first-order chi connectivity index (χ1) is 7.38. The molecule has 1 aromatic rings. The summed E-state index contributed by atoms with van der Waals surface area (Å²) in [7, 11) is 1.95. The standard InChI is InChI=1S/C13H19NO/c1-3-4-10-15-11-13(14-2)12-8-6-5-7-9-12/h3,5-9,13-14H,1,4,10-11H2,2H3. The van der Waals surface area contributed by atoms with Gasteiger partial charge in [0.2, 0.25) is 0 Å². The SMILES string of the molecule is C=CCCOCC(NC)c1ccccc1. The van der Waals surface area contributed by atoms with Crippen molar-refractivity contribution in [3.8, 4) is 0 Å². The minimum Gasteiger partial charge on any atom is -0.379 e. The van der Waals surface area contributed by atoms with E-state index in [2.05, 4.69) is 24.0 Å². The van der Waals surface area contributed by atoms with Gasteiger partial charge in [-0.15, -0.1) is 6.58 Å². The first kappa shape index (κ1) is 12.0. The number of benzene rings is 1. The average molecular weight is 205 g/mol. The van der Waals surface area contributed by atoms with E-state index in [1.165, 1.54) is 5.56 Å². The minimum atomic E-state index is 0.274. The van der Waals surface area contributed by atoms with Crippen LogP contribution in [0.5, 0.6) is 0 Å². The van der Waals surface area contributed by atoms with Crippen LogP contribution >= 0.6 is 0 Å². The fourth-order valence-electron chi connectivity index (χ4n) is 1.40. The quantitative estimate of drug-likeness (QED) is 0.545.